The lowest BCUT2D eigenvalue weighted by Crippen LogP contribution is -2.31. The zero-order valence-electron chi connectivity index (χ0n) is 10.3. The molecule has 1 rings (SSSR count). The molecule has 0 saturated carbocycles. The molecule has 0 aliphatic heterocycles. The van der Waals surface area contributed by atoms with Gasteiger partial charge in [0.15, 0.2) is 0 Å². The molecule has 0 saturated heterocycles. The Morgan fingerprint density at radius 3 is 2.76 bits per heavy atom. The van der Waals surface area contributed by atoms with Crippen molar-refractivity contribution in [1.82, 2.24) is 5.32 Å². The van der Waals surface area contributed by atoms with E-state index >= 15 is 0 Å². The summed E-state index contributed by atoms with van der Waals surface area (Å²) in [6.07, 6.45) is 0.0433. The van der Waals surface area contributed by atoms with Crippen LogP contribution in [-0.4, -0.2) is 31.4 Å². The molecular formula is C13H20FNO2. The van der Waals surface area contributed by atoms with Crippen molar-refractivity contribution < 1.29 is 14.2 Å². The van der Waals surface area contributed by atoms with Gasteiger partial charge in [-0.15, -0.1) is 0 Å². The summed E-state index contributed by atoms with van der Waals surface area (Å²) in [7, 11) is 1.65. The van der Waals surface area contributed by atoms with Gasteiger partial charge in [-0.3, -0.25) is 0 Å². The van der Waals surface area contributed by atoms with E-state index in [-0.39, 0.29) is 11.9 Å². The summed E-state index contributed by atoms with van der Waals surface area (Å²) in [5, 5.41) is 13.0. The number of rotatable bonds is 7. The molecule has 96 valence electrons. The normalized spacial score (nSPS) is 14.6. The van der Waals surface area contributed by atoms with Crippen LogP contribution in [-0.2, 0) is 4.74 Å². The van der Waals surface area contributed by atoms with Gasteiger partial charge in [0.25, 0.3) is 0 Å². The molecule has 3 nitrogen and oxygen atoms in total. The molecule has 0 bridgehead atoms. The number of hydrogen-bond donors (Lipinski definition) is 2. The summed E-state index contributed by atoms with van der Waals surface area (Å²) in [6, 6.07) is 6.52. The van der Waals surface area contributed by atoms with Gasteiger partial charge in [0.05, 0.1) is 6.10 Å². The highest BCUT2D eigenvalue weighted by molar-refractivity contribution is 5.19. The van der Waals surface area contributed by atoms with Gasteiger partial charge in [0, 0.05) is 31.9 Å². The molecular weight excluding hydrogens is 221 g/mol. The molecule has 0 aliphatic rings. The van der Waals surface area contributed by atoms with Gasteiger partial charge in [-0.1, -0.05) is 18.2 Å². The first-order valence-corrected chi connectivity index (χ1v) is 5.80. The van der Waals surface area contributed by atoms with Gasteiger partial charge < -0.3 is 15.2 Å². The number of ether oxygens (including phenoxy) is 1. The molecule has 0 spiro atoms. The van der Waals surface area contributed by atoms with E-state index in [1.807, 2.05) is 6.92 Å². The summed E-state index contributed by atoms with van der Waals surface area (Å²) in [5.41, 5.74) is 0.332. The minimum Gasteiger partial charge on any atom is -0.387 e. The third kappa shape index (κ3) is 4.81. The fourth-order valence-electron chi connectivity index (χ4n) is 1.56. The van der Waals surface area contributed by atoms with Crippen LogP contribution in [0.4, 0.5) is 4.39 Å². The molecule has 0 amide bonds. The van der Waals surface area contributed by atoms with E-state index < -0.39 is 6.10 Å². The van der Waals surface area contributed by atoms with Crippen LogP contribution in [0.2, 0.25) is 0 Å². The van der Waals surface area contributed by atoms with E-state index in [0.29, 0.717) is 18.7 Å². The Labute approximate surface area is 102 Å². The van der Waals surface area contributed by atoms with Crippen molar-refractivity contribution in [2.75, 3.05) is 20.3 Å². The molecule has 1 aromatic carbocycles. The molecule has 0 aliphatic carbocycles. The first kappa shape index (κ1) is 14.1. The average molecular weight is 241 g/mol. The lowest BCUT2D eigenvalue weighted by atomic mass is 10.1. The van der Waals surface area contributed by atoms with Crippen LogP contribution < -0.4 is 5.32 Å². The second-order valence-electron chi connectivity index (χ2n) is 4.13. The number of hydrogen-bond acceptors (Lipinski definition) is 3. The van der Waals surface area contributed by atoms with Gasteiger partial charge in [0.1, 0.15) is 5.82 Å². The van der Waals surface area contributed by atoms with E-state index in [4.69, 9.17) is 4.74 Å². The fraction of sp³-hybridized carbons (Fsp3) is 0.538. The van der Waals surface area contributed by atoms with Crippen molar-refractivity contribution in [1.29, 1.82) is 0 Å². The molecule has 1 aromatic rings. The SMILES string of the molecule is COCCC(C)NCC(O)c1ccccc1F. The Morgan fingerprint density at radius 1 is 1.41 bits per heavy atom. The van der Waals surface area contributed by atoms with E-state index in [0.717, 1.165) is 6.42 Å². The predicted octanol–water partition coefficient (Wildman–Crippen LogP) is 1.87. The summed E-state index contributed by atoms with van der Waals surface area (Å²) >= 11 is 0. The minimum atomic E-state index is -0.818. The largest absolute Gasteiger partial charge is 0.387 e. The Morgan fingerprint density at radius 2 is 2.12 bits per heavy atom. The standard InChI is InChI=1S/C13H20FNO2/c1-10(7-8-17-2)15-9-13(16)11-5-3-4-6-12(11)14/h3-6,10,13,15-16H,7-9H2,1-2H3. The molecule has 0 heterocycles. The maximum Gasteiger partial charge on any atom is 0.129 e. The highest BCUT2D eigenvalue weighted by atomic mass is 19.1. The highest BCUT2D eigenvalue weighted by Gasteiger charge is 2.12. The second-order valence-corrected chi connectivity index (χ2v) is 4.13. The van der Waals surface area contributed by atoms with Crippen molar-refractivity contribution >= 4 is 0 Å². The van der Waals surface area contributed by atoms with Crippen molar-refractivity contribution in [3.63, 3.8) is 0 Å². The Hall–Kier alpha value is -0.970. The molecule has 2 atom stereocenters. The van der Waals surface area contributed by atoms with Gasteiger partial charge in [-0.25, -0.2) is 4.39 Å². The molecule has 2 unspecified atom stereocenters. The summed E-state index contributed by atoms with van der Waals surface area (Å²) in [6.45, 7) is 3.02. The van der Waals surface area contributed by atoms with Crippen molar-refractivity contribution in [2.24, 2.45) is 0 Å². The number of nitrogens with one attached hydrogen (secondary N) is 1. The molecule has 0 aromatic heterocycles. The van der Waals surface area contributed by atoms with Crippen LogP contribution in [0.5, 0.6) is 0 Å². The Kier molecular flexibility index (Phi) is 6.11. The van der Waals surface area contributed by atoms with Crippen LogP contribution in [0.25, 0.3) is 0 Å². The average Bonchev–Trinajstić information content (AvgIpc) is 2.34. The number of benzene rings is 1. The zero-order valence-corrected chi connectivity index (χ0v) is 10.3. The van der Waals surface area contributed by atoms with Crippen LogP contribution in [0.15, 0.2) is 24.3 Å². The molecule has 0 fully saturated rings. The predicted molar refractivity (Wildman–Crippen MR) is 65.3 cm³/mol. The molecule has 2 N–H and O–H groups in total. The Balaban J connectivity index is 2.39. The third-order valence-corrected chi connectivity index (χ3v) is 2.68. The van der Waals surface area contributed by atoms with Crippen LogP contribution in [0, 0.1) is 5.82 Å². The van der Waals surface area contributed by atoms with E-state index in [2.05, 4.69) is 5.32 Å². The topological polar surface area (TPSA) is 41.5 Å². The first-order valence-electron chi connectivity index (χ1n) is 5.80. The van der Waals surface area contributed by atoms with Gasteiger partial charge in [-0.2, -0.15) is 0 Å². The summed E-state index contributed by atoms with van der Waals surface area (Å²) in [4.78, 5) is 0. The number of aliphatic hydroxyl groups excluding tert-OH is 1. The maximum absolute atomic E-state index is 13.4. The molecule has 4 heteroatoms. The van der Waals surface area contributed by atoms with Gasteiger partial charge in [-0.05, 0) is 19.4 Å². The molecule has 0 radical (unpaired) electrons. The maximum atomic E-state index is 13.4. The van der Waals surface area contributed by atoms with Crippen LogP contribution >= 0.6 is 0 Å². The van der Waals surface area contributed by atoms with Gasteiger partial charge in [0.2, 0.25) is 0 Å². The Bertz CT molecular complexity index is 333. The number of methoxy groups -OCH3 is 1. The van der Waals surface area contributed by atoms with Crippen molar-refractivity contribution in [3.8, 4) is 0 Å². The van der Waals surface area contributed by atoms with E-state index in [9.17, 15) is 9.50 Å². The van der Waals surface area contributed by atoms with Crippen LogP contribution in [0.3, 0.4) is 0 Å². The van der Waals surface area contributed by atoms with Crippen molar-refractivity contribution in [2.45, 2.75) is 25.5 Å². The number of halogens is 1. The highest BCUT2D eigenvalue weighted by Crippen LogP contribution is 2.15. The van der Waals surface area contributed by atoms with E-state index in [1.165, 1.54) is 6.07 Å². The second kappa shape index (κ2) is 7.37. The molecule has 17 heavy (non-hydrogen) atoms. The summed E-state index contributed by atoms with van der Waals surface area (Å²) in [5.74, 6) is -0.369. The fourth-order valence-corrected chi connectivity index (χ4v) is 1.56. The smallest absolute Gasteiger partial charge is 0.129 e. The third-order valence-electron chi connectivity index (χ3n) is 2.68. The zero-order chi connectivity index (χ0) is 12.7. The quantitative estimate of drug-likeness (QED) is 0.765. The first-order chi connectivity index (χ1) is 8.15. The van der Waals surface area contributed by atoms with E-state index in [1.54, 1.807) is 25.3 Å². The number of aliphatic hydroxyl groups is 1. The summed E-state index contributed by atoms with van der Waals surface area (Å²) < 4.78 is 18.3. The monoisotopic (exact) mass is 241 g/mol. The minimum absolute atomic E-state index is 0.233. The lowest BCUT2D eigenvalue weighted by Gasteiger charge is -2.17. The van der Waals surface area contributed by atoms with Gasteiger partial charge >= 0.3 is 0 Å². The van der Waals surface area contributed by atoms with Crippen LogP contribution in [0.1, 0.15) is 25.0 Å². The lowest BCUT2D eigenvalue weighted by molar-refractivity contribution is 0.155. The van der Waals surface area contributed by atoms with Crippen molar-refractivity contribution in [3.05, 3.63) is 35.6 Å².